The third-order valence-electron chi connectivity index (χ3n) is 3.31. The Morgan fingerprint density at radius 3 is 2.80 bits per heavy atom. The van der Waals surface area contributed by atoms with Crippen LogP contribution < -0.4 is 5.32 Å². The van der Waals surface area contributed by atoms with Crippen LogP contribution in [0.5, 0.6) is 0 Å². The van der Waals surface area contributed by atoms with Crippen LogP contribution in [0.4, 0.5) is 4.39 Å². The zero-order valence-electron chi connectivity index (χ0n) is 11.8. The molecule has 1 unspecified atom stereocenters. The van der Waals surface area contributed by atoms with Crippen LogP contribution in [-0.2, 0) is 6.42 Å². The van der Waals surface area contributed by atoms with Crippen molar-refractivity contribution in [1.82, 2.24) is 10.3 Å². The van der Waals surface area contributed by atoms with Crippen LogP contribution in [0.15, 0.2) is 48.7 Å². The molecule has 20 heavy (non-hydrogen) atoms. The number of rotatable bonds is 7. The fraction of sp³-hybridized carbons (Fsp3) is 0.353. The first-order chi connectivity index (χ1) is 9.79. The molecule has 1 N–H and O–H groups in total. The van der Waals surface area contributed by atoms with Gasteiger partial charge in [0.2, 0.25) is 0 Å². The van der Waals surface area contributed by atoms with E-state index < -0.39 is 0 Å². The molecule has 0 saturated heterocycles. The maximum absolute atomic E-state index is 13.4. The number of nitrogens with zero attached hydrogens (tertiary/aromatic N) is 1. The van der Waals surface area contributed by atoms with Crippen molar-refractivity contribution in [3.05, 3.63) is 65.7 Å². The summed E-state index contributed by atoms with van der Waals surface area (Å²) < 4.78 is 13.4. The summed E-state index contributed by atoms with van der Waals surface area (Å²) in [5.41, 5.74) is 2.08. The largest absolute Gasteiger partial charge is 0.310 e. The van der Waals surface area contributed by atoms with Crippen molar-refractivity contribution in [3.63, 3.8) is 0 Å². The van der Waals surface area contributed by atoms with E-state index in [1.54, 1.807) is 12.1 Å². The zero-order chi connectivity index (χ0) is 14.2. The molecule has 0 aliphatic carbocycles. The van der Waals surface area contributed by atoms with E-state index in [0.717, 1.165) is 37.1 Å². The summed E-state index contributed by atoms with van der Waals surface area (Å²) in [5, 5.41) is 3.49. The Bertz CT molecular complexity index is 513. The second-order valence-electron chi connectivity index (χ2n) is 4.92. The molecule has 1 aromatic carbocycles. The third-order valence-corrected chi connectivity index (χ3v) is 3.31. The van der Waals surface area contributed by atoms with Gasteiger partial charge in [-0.05, 0) is 55.6 Å². The standard InChI is InChI=1S/C17H21FN2/c1-2-11-20-17(14-6-5-7-15(18)13-14)10-9-16-8-3-4-12-19-16/h3-8,12-13,17,20H,2,9-11H2,1H3. The van der Waals surface area contributed by atoms with E-state index in [1.165, 1.54) is 6.07 Å². The molecular weight excluding hydrogens is 251 g/mol. The van der Waals surface area contributed by atoms with Gasteiger partial charge in [-0.2, -0.15) is 0 Å². The van der Waals surface area contributed by atoms with Crippen LogP contribution in [0.2, 0.25) is 0 Å². The highest BCUT2D eigenvalue weighted by Gasteiger charge is 2.11. The minimum absolute atomic E-state index is 0.174. The molecule has 2 rings (SSSR count). The predicted octanol–water partition coefficient (Wildman–Crippen LogP) is 3.89. The average molecular weight is 272 g/mol. The van der Waals surface area contributed by atoms with Crippen LogP contribution in [0.25, 0.3) is 0 Å². The van der Waals surface area contributed by atoms with Crippen molar-refractivity contribution in [3.8, 4) is 0 Å². The molecule has 2 aromatic rings. The maximum atomic E-state index is 13.4. The van der Waals surface area contributed by atoms with Gasteiger partial charge in [0, 0.05) is 17.9 Å². The van der Waals surface area contributed by atoms with Crippen LogP contribution in [0, 0.1) is 5.82 Å². The Labute approximate surface area is 120 Å². The van der Waals surface area contributed by atoms with E-state index in [2.05, 4.69) is 17.2 Å². The molecule has 0 spiro atoms. The molecule has 0 aliphatic rings. The molecule has 0 fully saturated rings. The van der Waals surface area contributed by atoms with Gasteiger partial charge in [0.05, 0.1) is 0 Å². The van der Waals surface area contributed by atoms with Crippen molar-refractivity contribution in [2.45, 2.75) is 32.2 Å². The fourth-order valence-corrected chi connectivity index (χ4v) is 2.27. The van der Waals surface area contributed by atoms with E-state index in [-0.39, 0.29) is 11.9 Å². The maximum Gasteiger partial charge on any atom is 0.123 e. The Morgan fingerprint density at radius 2 is 2.10 bits per heavy atom. The van der Waals surface area contributed by atoms with E-state index in [9.17, 15) is 4.39 Å². The molecule has 1 aromatic heterocycles. The summed E-state index contributed by atoms with van der Waals surface area (Å²) in [7, 11) is 0. The van der Waals surface area contributed by atoms with E-state index >= 15 is 0 Å². The summed E-state index contributed by atoms with van der Waals surface area (Å²) in [6.45, 7) is 3.07. The summed E-state index contributed by atoms with van der Waals surface area (Å²) >= 11 is 0. The predicted molar refractivity (Wildman–Crippen MR) is 80.0 cm³/mol. The molecule has 0 amide bonds. The number of hydrogen-bond donors (Lipinski definition) is 1. The highest BCUT2D eigenvalue weighted by molar-refractivity contribution is 5.20. The molecule has 0 aliphatic heterocycles. The number of pyridine rings is 1. The minimum Gasteiger partial charge on any atom is -0.310 e. The first kappa shape index (κ1) is 14.7. The van der Waals surface area contributed by atoms with Crippen molar-refractivity contribution < 1.29 is 4.39 Å². The van der Waals surface area contributed by atoms with Crippen molar-refractivity contribution in [2.24, 2.45) is 0 Å². The molecule has 0 saturated carbocycles. The van der Waals surface area contributed by atoms with Gasteiger partial charge in [-0.25, -0.2) is 4.39 Å². The number of benzene rings is 1. The summed E-state index contributed by atoms with van der Waals surface area (Å²) in [6.07, 6.45) is 4.68. The van der Waals surface area contributed by atoms with E-state index in [1.807, 2.05) is 30.5 Å². The van der Waals surface area contributed by atoms with Crippen molar-refractivity contribution in [2.75, 3.05) is 6.54 Å². The molecule has 3 heteroatoms. The molecule has 1 heterocycles. The lowest BCUT2D eigenvalue weighted by Gasteiger charge is -2.19. The number of hydrogen-bond acceptors (Lipinski definition) is 2. The van der Waals surface area contributed by atoms with E-state index in [0.29, 0.717) is 0 Å². The number of aromatic nitrogens is 1. The third kappa shape index (κ3) is 4.42. The topological polar surface area (TPSA) is 24.9 Å². The minimum atomic E-state index is -0.177. The van der Waals surface area contributed by atoms with Crippen molar-refractivity contribution in [1.29, 1.82) is 0 Å². The SMILES string of the molecule is CCCNC(CCc1ccccn1)c1cccc(F)c1. The van der Waals surface area contributed by atoms with Crippen LogP contribution >= 0.6 is 0 Å². The lowest BCUT2D eigenvalue weighted by molar-refractivity contribution is 0.493. The smallest absolute Gasteiger partial charge is 0.123 e. The quantitative estimate of drug-likeness (QED) is 0.827. The highest BCUT2D eigenvalue weighted by Crippen LogP contribution is 2.19. The zero-order valence-corrected chi connectivity index (χ0v) is 11.8. The Balaban J connectivity index is 2.03. The van der Waals surface area contributed by atoms with Crippen LogP contribution in [0.3, 0.4) is 0 Å². The van der Waals surface area contributed by atoms with Gasteiger partial charge >= 0.3 is 0 Å². The second-order valence-corrected chi connectivity index (χ2v) is 4.92. The molecule has 1 atom stereocenters. The normalized spacial score (nSPS) is 12.3. The lowest BCUT2D eigenvalue weighted by atomic mass is 10.0. The monoisotopic (exact) mass is 272 g/mol. The number of nitrogens with one attached hydrogen (secondary N) is 1. The van der Waals surface area contributed by atoms with Gasteiger partial charge in [0.25, 0.3) is 0 Å². The Kier molecular flexibility index (Phi) is 5.69. The molecule has 106 valence electrons. The number of halogens is 1. The average Bonchev–Trinajstić information content (AvgIpc) is 2.48. The fourth-order valence-electron chi connectivity index (χ4n) is 2.27. The highest BCUT2D eigenvalue weighted by atomic mass is 19.1. The second kappa shape index (κ2) is 7.75. The molecular formula is C17H21FN2. The van der Waals surface area contributed by atoms with Crippen LogP contribution in [-0.4, -0.2) is 11.5 Å². The first-order valence-corrected chi connectivity index (χ1v) is 7.18. The van der Waals surface area contributed by atoms with Gasteiger partial charge in [0.1, 0.15) is 5.82 Å². The summed E-state index contributed by atoms with van der Waals surface area (Å²) in [6, 6.07) is 13.0. The molecule has 0 radical (unpaired) electrons. The Hall–Kier alpha value is -1.74. The first-order valence-electron chi connectivity index (χ1n) is 7.18. The summed E-state index contributed by atoms with van der Waals surface area (Å²) in [5.74, 6) is -0.177. The number of aryl methyl sites for hydroxylation is 1. The van der Waals surface area contributed by atoms with Gasteiger partial charge in [-0.3, -0.25) is 4.98 Å². The van der Waals surface area contributed by atoms with Gasteiger partial charge < -0.3 is 5.32 Å². The molecule has 0 bridgehead atoms. The van der Waals surface area contributed by atoms with Crippen molar-refractivity contribution >= 4 is 0 Å². The van der Waals surface area contributed by atoms with E-state index in [4.69, 9.17) is 0 Å². The van der Waals surface area contributed by atoms with Crippen LogP contribution in [0.1, 0.15) is 37.1 Å². The Morgan fingerprint density at radius 1 is 1.20 bits per heavy atom. The van der Waals surface area contributed by atoms with Gasteiger partial charge in [0.15, 0.2) is 0 Å². The van der Waals surface area contributed by atoms with Gasteiger partial charge in [-0.15, -0.1) is 0 Å². The van der Waals surface area contributed by atoms with Gasteiger partial charge in [-0.1, -0.05) is 25.1 Å². The summed E-state index contributed by atoms with van der Waals surface area (Å²) in [4.78, 5) is 4.34. The lowest BCUT2D eigenvalue weighted by Crippen LogP contribution is -2.23. The molecule has 2 nitrogen and oxygen atoms in total.